The Morgan fingerprint density at radius 2 is 1.48 bits per heavy atom. The average Bonchev–Trinajstić information content (AvgIpc) is 1.68. The number of aromatic amines is 1. The number of fused-ring (bicyclic) bond motifs is 2. The quantitative estimate of drug-likeness (QED) is 0.00804. The zero-order valence-electron chi connectivity index (χ0n) is 62.8. The van der Waals surface area contributed by atoms with Crippen LogP contribution in [-0.2, 0) is 54.2 Å². The molecule has 30 heteroatoms. The molecule has 1 aromatic heterocycles. The highest BCUT2D eigenvalue weighted by Crippen LogP contribution is 2.38. The number of likely N-dealkylation sites (N-methyl/N-ethyl adjacent to an activating group) is 1. The molecule has 0 radical (unpaired) electrons. The molecule has 6 amide bonds. The lowest BCUT2D eigenvalue weighted by molar-refractivity contribution is -0.138. The maximum atomic E-state index is 14.5. The van der Waals surface area contributed by atoms with Crippen LogP contribution in [0.2, 0.25) is 0 Å². The number of carbonyl (C=O) groups excluding carboxylic acids is 7. The summed E-state index contributed by atoms with van der Waals surface area (Å²) in [6.45, 7) is 16.6. The number of benzene rings is 4. The van der Waals surface area contributed by atoms with E-state index in [4.69, 9.17) is 64.1 Å². The van der Waals surface area contributed by atoms with Crippen LogP contribution >= 0.6 is 11.8 Å². The Labute approximate surface area is 640 Å². The van der Waals surface area contributed by atoms with E-state index >= 15 is 0 Å². The lowest BCUT2D eigenvalue weighted by atomic mass is 9.94. The number of hydrogen-bond acceptors (Lipinski definition) is 24. The summed E-state index contributed by atoms with van der Waals surface area (Å²) in [4.78, 5) is 114. The van der Waals surface area contributed by atoms with Crippen LogP contribution in [0.25, 0.3) is 22.4 Å². The summed E-state index contributed by atoms with van der Waals surface area (Å²) in [5.41, 5.74) is 20.6. The number of nitrogens with one attached hydrogen (secondary N) is 4. The van der Waals surface area contributed by atoms with Crippen molar-refractivity contribution in [2.45, 2.75) is 101 Å². The number of allylic oxidation sites excluding steroid dienone is 2. The van der Waals surface area contributed by atoms with Gasteiger partial charge in [0.25, 0.3) is 5.91 Å². The molecule has 109 heavy (non-hydrogen) atoms. The van der Waals surface area contributed by atoms with Gasteiger partial charge in [0, 0.05) is 124 Å². The van der Waals surface area contributed by atoms with Crippen molar-refractivity contribution in [3.8, 4) is 28.6 Å². The van der Waals surface area contributed by atoms with Gasteiger partial charge in [-0.3, -0.25) is 43.6 Å². The van der Waals surface area contributed by atoms with E-state index < -0.39 is 29.7 Å². The second-order valence-corrected chi connectivity index (χ2v) is 29.2. The van der Waals surface area contributed by atoms with E-state index in [-0.39, 0.29) is 144 Å². The summed E-state index contributed by atoms with van der Waals surface area (Å²) in [5, 5.41) is 8.71. The van der Waals surface area contributed by atoms with E-state index in [9.17, 15) is 33.6 Å². The summed E-state index contributed by atoms with van der Waals surface area (Å²) >= 11 is 1.36. The Bertz CT molecular complexity index is 4090. The number of carbonyl (C=O) groups is 7. The van der Waals surface area contributed by atoms with Crippen LogP contribution in [0.1, 0.15) is 97.1 Å². The lowest BCUT2D eigenvalue weighted by Crippen LogP contribution is -2.50. The topological polar surface area (TPSA) is 348 Å². The number of aliphatic imine (C=N–C) groups is 1. The van der Waals surface area contributed by atoms with Crippen LogP contribution in [0.3, 0.4) is 0 Å². The fraction of sp³-hybridized carbons (Fsp3) is 0.506. The van der Waals surface area contributed by atoms with Gasteiger partial charge in [0.1, 0.15) is 24.0 Å². The minimum Gasteiger partial charge on any atom is -0.494 e. The zero-order valence-corrected chi connectivity index (χ0v) is 63.6. The van der Waals surface area contributed by atoms with Gasteiger partial charge in [0.05, 0.1) is 126 Å². The fourth-order valence-electron chi connectivity index (χ4n) is 13.6. The number of piperazine rings is 1. The number of hydrogen-bond donors (Lipinski definition) is 6. The van der Waals surface area contributed by atoms with Gasteiger partial charge in [-0.2, -0.15) is 0 Å². The number of imidazole rings is 1. The number of aromatic nitrogens is 2. The smallest absolute Gasteiger partial charge is 0.412 e. The number of ether oxygens (including phenoxy) is 9. The summed E-state index contributed by atoms with van der Waals surface area (Å²) in [5.74, 6) is 1.71. The van der Waals surface area contributed by atoms with E-state index in [1.54, 1.807) is 41.3 Å². The van der Waals surface area contributed by atoms with Crippen molar-refractivity contribution in [2.75, 3.05) is 157 Å². The molecule has 0 saturated carbocycles. The van der Waals surface area contributed by atoms with Crippen molar-refractivity contribution in [2.24, 2.45) is 16.6 Å². The summed E-state index contributed by atoms with van der Waals surface area (Å²) in [6, 6.07) is 22.7. The van der Waals surface area contributed by atoms with Crippen molar-refractivity contribution >= 4 is 75.7 Å². The molecule has 4 aromatic carbocycles. The Kier molecular flexibility index (Phi) is 29.4. The number of rotatable bonds is 41. The number of amides is 6. The zero-order chi connectivity index (χ0) is 76.8. The maximum Gasteiger partial charge on any atom is 0.412 e. The van der Waals surface area contributed by atoms with E-state index in [1.165, 1.54) is 29.5 Å². The third kappa shape index (κ3) is 22.0. The first-order valence-electron chi connectivity index (χ1n) is 37.6. The first-order chi connectivity index (χ1) is 52.9. The normalized spacial score (nSPS) is 18.9. The Balaban J connectivity index is 0.538. The number of anilines is 1. The van der Waals surface area contributed by atoms with Crippen molar-refractivity contribution in [3.05, 3.63) is 137 Å². The molecule has 4 fully saturated rings. The van der Waals surface area contributed by atoms with Crippen LogP contribution in [0, 0.1) is 5.92 Å². The van der Waals surface area contributed by atoms with Crippen molar-refractivity contribution in [3.63, 3.8) is 0 Å². The standard InChI is InChI=1S/C79H103N13O16S/c1-51(2)72(87-70(94)22-33-101-36-38-103-40-41-104-39-37-102-34-24-82-69(93)21-25-90-71(95)48-68(77(90)98)109-42-23-80)73(96)54-11-9-53(10-12-54)50-108-79(99)91-30-35-107-78(91)65-43-52(3)49-92(65)76(97)59-46-66(100-5)67(47-60(59)81)106-32-8-6-7-31-105-58-17-13-55(14-18-58)74-83-61-19-15-56(44-63(61)85-74)75-84-62-20-16-57(45-64(62)86-75)89-28-26-88(4)27-29-89/h9-20,44,46-47,51,64-65,68,72,78H,3,6-8,21-43,45,48-50,80-81H2,1-2,4-5H3,(H,82,93)(H,83,85)(H,84,86)(H,87,94)/t64?,65-,68?,72?,78?/m0/s1. The largest absolute Gasteiger partial charge is 0.494 e. The van der Waals surface area contributed by atoms with Gasteiger partial charge in [0.15, 0.2) is 23.5 Å². The molecule has 8 N–H and O–H groups in total. The highest BCUT2D eigenvalue weighted by atomic mass is 32.2. The average molecular weight is 1520 g/mol. The molecule has 4 unspecified atom stereocenters. The number of methoxy groups -OCH3 is 1. The van der Waals surface area contributed by atoms with Crippen molar-refractivity contribution < 1.29 is 76.2 Å². The minimum atomic E-state index is -0.831. The van der Waals surface area contributed by atoms with Gasteiger partial charge in [-0.05, 0) is 105 Å². The summed E-state index contributed by atoms with van der Waals surface area (Å²) < 4.78 is 52.1. The number of unbranched alkanes of at least 4 members (excludes halogenated alkanes) is 2. The molecular weight excluding hydrogens is 1420 g/mol. The SMILES string of the molecule is C=C1C[C@@H](C2OCCN2C(=O)OCc2ccc(C(=O)C(NC(=O)CCOCCOCCOCCOCCNC(=O)CCN3C(=O)CC(SCCN)C3=O)C(C)C)cc2)N(C(=O)c2cc(OC)c(OCCCCCOc3ccc(-c4nc5ccc(C6=NC7CC(N8CCN(C)CC8)=CC=C7N6)cc5[nH]4)cc3)cc2N)C1. The molecule has 586 valence electrons. The Morgan fingerprint density at radius 3 is 2.20 bits per heavy atom. The second kappa shape index (κ2) is 39.8. The number of Topliss-reactive ketones (excluding diaryl/α,β-unsaturated/α-hetero) is 1. The Hall–Kier alpha value is -9.40. The number of thioether (sulfide) groups is 1. The van der Waals surface area contributed by atoms with E-state index in [0.29, 0.717) is 81.0 Å². The van der Waals surface area contributed by atoms with Gasteiger partial charge in [-0.15, -0.1) is 11.8 Å². The van der Waals surface area contributed by atoms with Gasteiger partial charge in [-0.1, -0.05) is 50.3 Å². The van der Waals surface area contributed by atoms with Gasteiger partial charge < -0.3 is 89.7 Å². The molecule has 5 aromatic rings. The van der Waals surface area contributed by atoms with Crippen LogP contribution in [0.4, 0.5) is 10.5 Å². The van der Waals surface area contributed by atoms with Gasteiger partial charge in [0.2, 0.25) is 23.6 Å². The molecule has 5 atom stereocenters. The molecule has 5 aliphatic heterocycles. The maximum absolute atomic E-state index is 14.5. The first kappa shape index (κ1) is 80.6. The fourth-order valence-corrected chi connectivity index (χ4v) is 14.6. The van der Waals surface area contributed by atoms with Crippen molar-refractivity contribution in [1.82, 2.24) is 50.4 Å². The number of nitrogens with two attached hydrogens (primary N) is 2. The molecule has 6 heterocycles. The molecular formula is C79H103N13O16S. The molecule has 1 aliphatic carbocycles. The van der Waals surface area contributed by atoms with E-state index in [1.807, 2.05) is 44.2 Å². The van der Waals surface area contributed by atoms with Crippen LogP contribution < -0.4 is 41.6 Å². The van der Waals surface area contributed by atoms with Crippen LogP contribution in [0.5, 0.6) is 17.2 Å². The molecule has 29 nitrogen and oxygen atoms in total. The number of nitrogens with zero attached hydrogens (tertiary/aromatic N) is 7. The van der Waals surface area contributed by atoms with Crippen LogP contribution in [-0.4, -0.2) is 263 Å². The summed E-state index contributed by atoms with van der Waals surface area (Å²) in [7, 11) is 3.68. The predicted molar refractivity (Wildman–Crippen MR) is 412 cm³/mol. The number of imide groups is 1. The van der Waals surface area contributed by atoms with E-state index in [0.717, 1.165) is 108 Å². The van der Waals surface area contributed by atoms with Gasteiger partial charge >= 0.3 is 6.09 Å². The highest BCUT2D eigenvalue weighted by molar-refractivity contribution is 8.00. The minimum absolute atomic E-state index is 0.0168. The van der Waals surface area contributed by atoms with Crippen LogP contribution in [0.15, 0.2) is 120 Å². The molecule has 4 saturated heterocycles. The second-order valence-electron chi connectivity index (χ2n) is 27.9. The molecule has 0 spiro atoms. The van der Waals surface area contributed by atoms with Crippen molar-refractivity contribution in [1.29, 1.82) is 0 Å². The highest BCUT2D eigenvalue weighted by Gasteiger charge is 2.45. The number of amidine groups is 1. The summed E-state index contributed by atoms with van der Waals surface area (Å²) in [6.07, 6.45) is 6.80. The number of nitrogen functional groups attached to an aromatic ring is 1. The number of ketones is 1. The molecule has 11 rings (SSSR count). The monoisotopic (exact) mass is 1520 g/mol. The number of likely N-dealkylation sites (tertiary alicyclic amines) is 2. The number of H-pyrrole nitrogens is 1. The lowest BCUT2D eigenvalue weighted by Gasteiger charge is -2.37. The molecule has 6 aliphatic rings. The van der Waals surface area contributed by atoms with Gasteiger partial charge in [-0.25, -0.2) is 9.78 Å². The third-order valence-corrected chi connectivity index (χ3v) is 21.0. The predicted octanol–water partition coefficient (Wildman–Crippen LogP) is 6.46. The molecule has 0 bridgehead atoms. The Morgan fingerprint density at radius 1 is 0.761 bits per heavy atom. The first-order valence-corrected chi connectivity index (χ1v) is 38.7. The van der Waals surface area contributed by atoms with E-state index in [2.05, 4.69) is 68.6 Å². The third-order valence-electron chi connectivity index (χ3n) is 19.7.